The molecule has 98 valence electrons. The van der Waals surface area contributed by atoms with Crippen molar-refractivity contribution in [3.05, 3.63) is 52.1 Å². The summed E-state index contributed by atoms with van der Waals surface area (Å²) in [5.74, 6) is 5.12. The Kier molecular flexibility index (Phi) is 4.21. The molecule has 4 N–H and O–H groups in total. The van der Waals surface area contributed by atoms with Gasteiger partial charge in [0.2, 0.25) is 0 Å². The second-order valence-corrected chi connectivity index (χ2v) is 4.42. The maximum Gasteiger partial charge on any atom is 0.275 e. The number of nitrogens with zero attached hydrogens (tertiary/aromatic N) is 1. The lowest BCUT2D eigenvalue weighted by Crippen LogP contribution is -2.17. The topological polar surface area (TPSA) is 80.0 Å². The fourth-order valence-corrected chi connectivity index (χ4v) is 1.80. The first-order valence-electron chi connectivity index (χ1n) is 5.31. The van der Waals surface area contributed by atoms with Gasteiger partial charge in [-0.2, -0.15) is 0 Å². The molecule has 0 aliphatic heterocycles. The van der Waals surface area contributed by atoms with Crippen LogP contribution in [0.2, 0.25) is 10.0 Å². The van der Waals surface area contributed by atoms with Crippen molar-refractivity contribution in [3.8, 4) is 0 Å². The van der Waals surface area contributed by atoms with Gasteiger partial charge in [0.1, 0.15) is 11.5 Å². The zero-order valence-electron chi connectivity index (χ0n) is 9.65. The molecule has 1 aromatic heterocycles. The van der Waals surface area contributed by atoms with Gasteiger partial charge in [-0.25, -0.2) is 10.8 Å². The van der Waals surface area contributed by atoms with Crippen molar-refractivity contribution in [3.63, 3.8) is 0 Å². The standard InChI is InChI=1S/C12H10Cl2N4O/c13-7-3-1-2-4-9(7)16-12(19)11-8(14)5-6-10(17-11)18-15/h1-6H,15H2,(H,16,19)(H,17,18). The Morgan fingerprint density at radius 1 is 1.11 bits per heavy atom. The number of hydrogen-bond acceptors (Lipinski definition) is 4. The van der Waals surface area contributed by atoms with Gasteiger partial charge >= 0.3 is 0 Å². The van der Waals surface area contributed by atoms with Crippen LogP contribution in [0.3, 0.4) is 0 Å². The summed E-state index contributed by atoms with van der Waals surface area (Å²) in [4.78, 5) is 16.1. The largest absolute Gasteiger partial charge is 0.319 e. The van der Waals surface area contributed by atoms with Gasteiger partial charge in [0.05, 0.1) is 15.7 Å². The number of anilines is 2. The fourth-order valence-electron chi connectivity index (χ4n) is 1.43. The molecule has 1 amide bonds. The third-order valence-electron chi connectivity index (χ3n) is 2.33. The summed E-state index contributed by atoms with van der Waals surface area (Å²) in [6.07, 6.45) is 0. The molecule has 0 spiro atoms. The molecule has 2 aromatic rings. The van der Waals surface area contributed by atoms with E-state index in [1.165, 1.54) is 6.07 Å². The number of nitrogen functional groups attached to an aromatic ring is 1. The molecule has 0 fully saturated rings. The lowest BCUT2D eigenvalue weighted by molar-refractivity contribution is 0.102. The van der Waals surface area contributed by atoms with Crippen molar-refractivity contribution < 1.29 is 4.79 Å². The van der Waals surface area contributed by atoms with E-state index < -0.39 is 5.91 Å². The fraction of sp³-hybridized carbons (Fsp3) is 0. The highest BCUT2D eigenvalue weighted by molar-refractivity contribution is 6.35. The van der Waals surface area contributed by atoms with Crippen molar-refractivity contribution in [2.24, 2.45) is 5.84 Å². The average molecular weight is 297 g/mol. The monoisotopic (exact) mass is 296 g/mol. The van der Waals surface area contributed by atoms with Crippen LogP contribution < -0.4 is 16.6 Å². The molecule has 19 heavy (non-hydrogen) atoms. The molecule has 0 saturated heterocycles. The van der Waals surface area contributed by atoms with E-state index in [4.69, 9.17) is 29.0 Å². The van der Waals surface area contributed by atoms with Crippen LogP contribution in [0.15, 0.2) is 36.4 Å². The Morgan fingerprint density at radius 3 is 2.53 bits per heavy atom. The van der Waals surface area contributed by atoms with E-state index in [-0.39, 0.29) is 10.7 Å². The van der Waals surface area contributed by atoms with Crippen LogP contribution in [-0.2, 0) is 0 Å². The van der Waals surface area contributed by atoms with E-state index in [1.807, 2.05) is 0 Å². The van der Waals surface area contributed by atoms with E-state index in [0.29, 0.717) is 16.5 Å². The number of para-hydroxylation sites is 1. The van der Waals surface area contributed by atoms with Crippen molar-refractivity contribution in [1.29, 1.82) is 0 Å². The highest BCUT2D eigenvalue weighted by Gasteiger charge is 2.14. The number of carbonyl (C=O) groups excluding carboxylic acids is 1. The first-order chi connectivity index (χ1) is 9.11. The minimum Gasteiger partial charge on any atom is -0.319 e. The molecule has 0 aliphatic carbocycles. The van der Waals surface area contributed by atoms with Gasteiger partial charge in [-0.3, -0.25) is 4.79 Å². The van der Waals surface area contributed by atoms with E-state index in [9.17, 15) is 4.79 Å². The molecule has 0 bridgehead atoms. The predicted molar refractivity (Wildman–Crippen MR) is 76.5 cm³/mol. The van der Waals surface area contributed by atoms with Crippen LogP contribution in [0.1, 0.15) is 10.5 Å². The highest BCUT2D eigenvalue weighted by atomic mass is 35.5. The molecular formula is C12H10Cl2N4O. The van der Waals surface area contributed by atoms with Crippen LogP contribution in [0.5, 0.6) is 0 Å². The van der Waals surface area contributed by atoms with E-state index >= 15 is 0 Å². The minimum absolute atomic E-state index is 0.0667. The number of rotatable bonds is 3. The van der Waals surface area contributed by atoms with Gasteiger partial charge < -0.3 is 10.7 Å². The van der Waals surface area contributed by atoms with Gasteiger partial charge in [-0.1, -0.05) is 35.3 Å². The summed E-state index contributed by atoms with van der Waals surface area (Å²) in [7, 11) is 0. The summed E-state index contributed by atoms with van der Waals surface area (Å²) >= 11 is 11.9. The molecule has 2 rings (SSSR count). The summed E-state index contributed by atoms with van der Waals surface area (Å²) in [5, 5.41) is 3.29. The van der Waals surface area contributed by atoms with Crippen molar-refractivity contribution in [2.75, 3.05) is 10.7 Å². The number of halogens is 2. The molecule has 7 heteroatoms. The Bertz CT molecular complexity index is 618. The number of nitrogens with one attached hydrogen (secondary N) is 2. The van der Waals surface area contributed by atoms with Gasteiger partial charge in [-0.05, 0) is 24.3 Å². The van der Waals surface area contributed by atoms with Crippen molar-refractivity contribution >= 4 is 40.6 Å². The van der Waals surface area contributed by atoms with Crippen LogP contribution in [0.4, 0.5) is 11.5 Å². The zero-order valence-corrected chi connectivity index (χ0v) is 11.2. The molecule has 0 aliphatic rings. The second-order valence-electron chi connectivity index (χ2n) is 3.61. The number of carbonyl (C=O) groups is 1. The first kappa shape index (κ1) is 13.6. The van der Waals surface area contributed by atoms with E-state index in [2.05, 4.69) is 15.7 Å². The van der Waals surface area contributed by atoms with Crippen molar-refractivity contribution in [1.82, 2.24) is 4.98 Å². The smallest absolute Gasteiger partial charge is 0.275 e. The second kappa shape index (κ2) is 5.88. The normalized spacial score (nSPS) is 10.1. The van der Waals surface area contributed by atoms with Crippen LogP contribution >= 0.6 is 23.2 Å². The zero-order chi connectivity index (χ0) is 13.8. The number of pyridine rings is 1. The number of hydrogen-bond donors (Lipinski definition) is 3. The summed E-state index contributed by atoms with van der Waals surface area (Å²) in [6.45, 7) is 0. The SMILES string of the molecule is NNc1ccc(Cl)c(C(=O)Nc2ccccc2Cl)n1. The van der Waals surface area contributed by atoms with Crippen molar-refractivity contribution in [2.45, 2.75) is 0 Å². The molecule has 0 radical (unpaired) electrons. The lowest BCUT2D eigenvalue weighted by atomic mass is 10.3. The van der Waals surface area contributed by atoms with Gasteiger partial charge in [-0.15, -0.1) is 0 Å². The summed E-state index contributed by atoms with van der Waals surface area (Å²) < 4.78 is 0. The Hall–Kier alpha value is -1.82. The number of nitrogens with two attached hydrogens (primary N) is 1. The maximum absolute atomic E-state index is 12.1. The lowest BCUT2D eigenvalue weighted by Gasteiger charge is -2.08. The molecule has 1 aromatic carbocycles. The van der Waals surface area contributed by atoms with Gasteiger partial charge in [0, 0.05) is 0 Å². The third-order valence-corrected chi connectivity index (χ3v) is 2.97. The number of aromatic nitrogens is 1. The van der Waals surface area contributed by atoms with E-state index in [1.54, 1.807) is 30.3 Å². The minimum atomic E-state index is -0.463. The molecule has 5 nitrogen and oxygen atoms in total. The molecule has 1 heterocycles. The number of hydrazine groups is 1. The highest BCUT2D eigenvalue weighted by Crippen LogP contribution is 2.23. The summed E-state index contributed by atoms with van der Waals surface area (Å²) in [6, 6.07) is 9.97. The molecule has 0 unspecified atom stereocenters. The molecule has 0 atom stereocenters. The van der Waals surface area contributed by atoms with Gasteiger partial charge in [0.25, 0.3) is 5.91 Å². The van der Waals surface area contributed by atoms with E-state index in [0.717, 1.165) is 0 Å². The number of benzene rings is 1. The third kappa shape index (κ3) is 3.14. The predicted octanol–water partition coefficient (Wildman–Crippen LogP) is 2.93. The quantitative estimate of drug-likeness (QED) is 0.601. The maximum atomic E-state index is 12.1. The first-order valence-corrected chi connectivity index (χ1v) is 6.06. The molecular weight excluding hydrogens is 287 g/mol. The summed E-state index contributed by atoms with van der Waals surface area (Å²) in [5.41, 5.74) is 2.90. The Morgan fingerprint density at radius 2 is 1.84 bits per heavy atom. The Labute approximate surface area is 119 Å². The van der Waals surface area contributed by atoms with Crippen LogP contribution in [0, 0.1) is 0 Å². The van der Waals surface area contributed by atoms with Gasteiger partial charge in [0.15, 0.2) is 0 Å². The molecule has 0 saturated carbocycles. The number of amides is 1. The Balaban J connectivity index is 2.28. The average Bonchev–Trinajstić information content (AvgIpc) is 2.42. The van der Waals surface area contributed by atoms with Crippen LogP contribution in [0.25, 0.3) is 0 Å². The van der Waals surface area contributed by atoms with Crippen LogP contribution in [-0.4, -0.2) is 10.9 Å².